The molecule has 0 amide bonds. The molecule has 0 aliphatic carbocycles. The van der Waals surface area contributed by atoms with E-state index in [0.717, 1.165) is 26.3 Å². The zero-order valence-corrected chi connectivity index (χ0v) is 9.00. The highest BCUT2D eigenvalue weighted by Crippen LogP contribution is 2.22. The third-order valence-corrected chi connectivity index (χ3v) is 3.34. The fourth-order valence-corrected chi connectivity index (χ4v) is 2.56. The summed E-state index contributed by atoms with van der Waals surface area (Å²) in [7, 11) is 0. The number of rotatable bonds is 3. The molecule has 1 unspecified atom stereocenters. The second-order valence-corrected chi connectivity index (χ2v) is 4.24. The van der Waals surface area contributed by atoms with Crippen LogP contribution >= 0.6 is 11.3 Å². The van der Waals surface area contributed by atoms with E-state index in [1.807, 2.05) is 0 Å². The van der Waals surface area contributed by atoms with E-state index in [1.54, 1.807) is 11.3 Å². The molecule has 4 heteroatoms. The fourth-order valence-electron chi connectivity index (χ4n) is 1.85. The number of thiophene rings is 1. The van der Waals surface area contributed by atoms with Gasteiger partial charge < -0.3 is 10.5 Å². The van der Waals surface area contributed by atoms with Gasteiger partial charge in [-0.2, -0.15) is 11.3 Å². The lowest BCUT2D eigenvalue weighted by atomic mass is 10.1. The number of hydrogen-bond acceptors (Lipinski definition) is 4. The Hall–Kier alpha value is -0.420. The van der Waals surface area contributed by atoms with Gasteiger partial charge in [0, 0.05) is 25.7 Å². The first-order valence-corrected chi connectivity index (χ1v) is 5.90. The summed E-state index contributed by atoms with van der Waals surface area (Å²) in [5.41, 5.74) is 7.16. The van der Waals surface area contributed by atoms with E-state index in [4.69, 9.17) is 10.5 Å². The normalized spacial score (nSPS) is 20.9. The summed E-state index contributed by atoms with van der Waals surface area (Å²) >= 11 is 1.73. The van der Waals surface area contributed by atoms with Crippen LogP contribution in [0.3, 0.4) is 0 Å². The first-order valence-electron chi connectivity index (χ1n) is 4.96. The molecule has 1 aliphatic heterocycles. The minimum atomic E-state index is 0.380. The van der Waals surface area contributed by atoms with E-state index in [9.17, 15) is 0 Å². The standard InChI is InChI=1S/C10H16N2OS/c11-7-10(9-1-6-14-8-9)12-2-4-13-5-3-12/h1,6,8,10H,2-5,7,11H2. The maximum absolute atomic E-state index is 5.82. The minimum Gasteiger partial charge on any atom is -0.379 e. The molecule has 1 atom stereocenters. The number of nitrogens with two attached hydrogens (primary N) is 1. The molecule has 1 aromatic heterocycles. The zero-order chi connectivity index (χ0) is 9.80. The molecule has 0 saturated carbocycles. The van der Waals surface area contributed by atoms with E-state index in [1.165, 1.54) is 5.56 Å². The smallest absolute Gasteiger partial charge is 0.0594 e. The van der Waals surface area contributed by atoms with Gasteiger partial charge in [-0.3, -0.25) is 4.90 Å². The van der Waals surface area contributed by atoms with Gasteiger partial charge in [-0.25, -0.2) is 0 Å². The summed E-state index contributed by atoms with van der Waals surface area (Å²) in [4.78, 5) is 2.41. The predicted octanol–water partition coefficient (Wildman–Crippen LogP) is 1.08. The largest absolute Gasteiger partial charge is 0.379 e. The fraction of sp³-hybridized carbons (Fsp3) is 0.600. The van der Waals surface area contributed by atoms with Crippen molar-refractivity contribution in [3.05, 3.63) is 22.4 Å². The summed E-state index contributed by atoms with van der Waals surface area (Å²) < 4.78 is 5.33. The van der Waals surface area contributed by atoms with E-state index >= 15 is 0 Å². The van der Waals surface area contributed by atoms with E-state index < -0.39 is 0 Å². The van der Waals surface area contributed by atoms with Crippen molar-refractivity contribution in [2.45, 2.75) is 6.04 Å². The Morgan fingerprint density at radius 2 is 2.29 bits per heavy atom. The maximum atomic E-state index is 5.82. The van der Waals surface area contributed by atoms with Crippen molar-refractivity contribution >= 4 is 11.3 Å². The van der Waals surface area contributed by atoms with Gasteiger partial charge in [0.1, 0.15) is 0 Å². The topological polar surface area (TPSA) is 38.5 Å². The van der Waals surface area contributed by atoms with Crippen molar-refractivity contribution in [2.75, 3.05) is 32.8 Å². The van der Waals surface area contributed by atoms with Crippen molar-refractivity contribution in [3.8, 4) is 0 Å². The molecular formula is C10H16N2OS. The molecule has 2 N–H and O–H groups in total. The Morgan fingerprint density at radius 3 is 2.86 bits per heavy atom. The monoisotopic (exact) mass is 212 g/mol. The Balaban J connectivity index is 2.04. The van der Waals surface area contributed by atoms with Crippen LogP contribution in [-0.4, -0.2) is 37.7 Å². The van der Waals surface area contributed by atoms with E-state index in [-0.39, 0.29) is 0 Å². The van der Waals surface area contributed by atoms with Crippen LogP contribution in [0.2, 0.25) is 0 Å². The summed E-state index contributed by atoms with van der Waals surface area (Å²) in [6, 6.07) is 2.54. The first kappa shape index (κ1) is 10.1. The Labute approximate surface area is 88.5 Å². The Bertz CT molecular complexity index is 257. The molecule has 0 spiro atoms. The number of hydrogen-bond donors (Lipinski definition) is 1. The van der Waals surface area contributed by atoms with Crippen LogP contribution in [-0.2, 0) is 4.74 Å². The quantitative estimate of drug-likeness (QED) is 0.815. The van der Waals surface area contributed by atoms with Gasteiger partial charge in [0.15, 0.2) is 0 Å². The SMILES string of the molecule is NCC(c1ccsc1)N1CCOCC1. The first-order chi connectivity index (χ1) is 6.92. The molecule has 0 bridgehead atoms. The lowest BCUT2D eigenvalue weighted by Gasteiger charge is -2.33. The molecule has 0 aromatic carbocycles. The van der Waals surface area contributed by atoms with Crippen molar-refractivity contribution in [1.29, 1.82) is 0 Å². The predicted molar refractivity (Wildman–Crippen MR) is 58.5 cm³/mol. The average molecular weight is 212 g/mol. The summed E-state index contributed by atoms with van der Waals surface area (Å²) in [5.74, 6) is 0. The van der Waals surface area contributed by atoms with Crippen molar-refractivity contribution in [3.63, 3.8) is 0 Å². The number of nitrogens with zero attached hydrogens (tertiary/aromatic N) is 1. The van der Waals surface area contributed by atoms with Crippen LogP contribution in [0.4, 0.5) is 0 Å². The van der Waals surface area contributed by atoms with Crippen LogP contribution in [0.15, 0.2) is 16.8 Å². The van der Waals surface area contributed by atoms with Crippen molar-refractivity contribution in [2.24, 2.45) is 5.73 Å². The van der Waals surface area contributed by atoms with Crippen LogP contribution in [0, 0.1) is 0 Å². The Morgan fingerprint density at radius 1 is 1.50 bits per heavy atom. The molecular weight excluding hydrogens is 196 g/mol. The van der Waals surface area contributed by atoms with Crippen LogP contribution in [0.25, 0.3) is 0 Å². The molecule has 1 aliphatic rings. The zero-order valence-electron chi connectivity index (χ0n) is 8.19. The Kier molecular flexibility index (Phi) is 3.53. The summed E-state index contributed by atoms with van der Waals surface area (Å²) in [5, 5.41) is 4.30. The highest BCUT2D eigenvalue weighted by molar-refractivity contribution is 7.07. The lowest BCUT2D eigenvalue weighted by molar-refractivity contribution is 0.0180. The number of morpholine rings is 1. The second-order valence-electron chi connectivity index (χ2n) is 3.46. The van der Waals surface area contributed by atoms with Gasteiger partial charge in [-0.1, -0.05) is 0 Å². The maximum Gasteiger partial charge on any atom is 0.0594 e. The second kappa shape index (κ2) is 4.89. The average Bonchev–Trinajstić information content (AvgIpc) is 2.74. The van der Waals surface area contributed by atoms with Gasteiger partial charge in [-0.15, -0.1) is 0 Å². The third kappa shape index (κ3) is 2.15. The van der Waals surface area contributed by atoms with Gasteiger partial charge >= 0.3 is 0 Å². The molecule has 1 saturated heterocycles. The molecule has 78 valence electrons. The minimum absolute atomic E-state index is 0.380. The summed E-state index contributed by atoms with van der Waals surface area (Å²) in [6.45, 7) is 4.35. The molecule has 1 fully saturated rings. The van der Waals surface area contributed by atoms with E-state index in [2.05, 4.69) is 21.7 Å². The van der Waals surface area contributed by atoms with Crippen LogP contribution in [0.1, 0.15) is 11.6 Å². The van der Waals surface area contributed by atoms with E-state index in [0.29, 0.717) is 12.6 Å². The van der Waals surface area contributed by atoms with Gasteiger partial charge in [-0.05, 0) is 22.4 Å². The summed E-state index contributed by atoms with van der Waals surface area (Å²) in [6.07, 6.45) is 0. The van der Waals surface area contributed by atoms with Gasteiger partial charge in [0.2, 0.25) is 0 Å². The van der Waals surface area contributed by atoms with Gasteiger partial charge in [0.05, 0.1) is 13.2 Å². The van der Waals surface area contributed by atoms with Crippen LogP contribution < -0.4 is 5.73 Å². The lowest BCUT2D eigenvalue weighted by Crippen LogP contribution is -2.41. The molecule has 2 heterocycles. The highest BCUT2D eigenvalue weighted by atomic mass is 32.1. The number of ether oxygens (including phenoxy) is 1. The van der Waals surface area contributed by atoms with Crippen molar-refractivity contribution in [1.82, 2.24) is 4.90 Å². The van der Waals surface area contributed by atoms with Crippen LogP contribution in [0.5, 0.6) is 0 Å². The third-order valence-electron chi connectivity index (χ3n) is 2.64. The van der Waals surface area contributed by atoms with Crippen molar-refractivity contribution < 1.29 is 4.74 Å². The molecule has 1 aromatic rings. The molecule has 3 nitrogen and oxygen atoms in total. The van der Waals surface area contributed by atoms with Gasteiger partial charge in [0.25, 0.3) is 0 Å². The molecule has 0 radical (unpaired) electrons. The molecule has 2 rings (SSSR count). The highest BCUT2D eigenvalue weighted by Gasteiger charge is 2.21. The molecule has 14 heavy (non-hydrogen) atoms.